The van der Waals surface area contributed by atoms with Crippen LogP contribution in [0.2, 0.25) is 0 Å². The van der Waals surface area contributed by atoms with E-state index in [1.165, 1.54) is 5.69 Å². The third-order valence-electron chi connectivity index (χ3n) is 3.39. The van der Waals surface area contributed by atoms with E-state index in [2.05, 4.69) is 22.4 Å². The second kappa shape index (κ2) is 2.98. The molecule has 2 aliphatic rings. The van der Waals surface area contributed by atoms with E-state index in [0.717, 1.165) is 31.7 Å². The fourth-order valence-corrected chi connectivity index (χ4v) is 2.42. The van der Waals surface area contributed by atoms with E-state index < -0.39 is 0 Å². The van der Waals surface area contributed by atoms with Gasteiger partial charge in [-0.05, 0) is 18.2 Å². The predicted molar refractivity (Wildman–Crippen MR) is 58.7 cm³/mol. The van der Waals surface area contributed by atoms with E-state index in [0.29, 0.717) is 5.41 Å². The summed E-state index contributed by atoms with van der Waals surface area (Å²) in [4.78, 5) is 2.35. The highest BCUT2D eigenvalue weighted by molar-refractivity contribution is 5.54. The molecule has 0 saturated carbocycles. The SMILES string of the molecule is N#Cc1cccc(N2CC3(CNC3)C2)c1. The zero-order chi connectivity index (χ0) is 10.3. The summed E-state index contributed by atoms with van der Waals surface area (Å²) in [6.07, 6.45) is 0. The minimum Gasteiger partial charge on any atom is -0.370 e. The van der Waals surface area contributed by atoms with Crippen molar-refractivity contribution in [3.05, 3.63) is 29.8 Å². The summed E-state index contributed by atoms with van der Waals surface area (Å²) in [6.45, 7) is 4.58. The first-order valence-corrected chi connectivity index (χ1v) is 5.27. The van der Waals surface area contributed by atoms with Crippen LogP contribution in [-0.4, -0.2) is 26.2 Å². The Kier molecular flexibility index (Phi) is 1.74. The first-order chi connectivity index (χ1) is 7.31. The smallest absolute Gasteiger partial charge is 0.0992 e. The van der Waals surface area contributed by atoms with E-state index in [1.807, 2.05) is 18.2 Å². The Balaban J connectivity index is 1.75. The fourth-order valence-electron chi connectivity index (χ4n) is 2.42. The Hall–Kier alpha value is -1.53. The molecule has 2 fully saturated rings. The van der Waals surface area contributed by atoms with Gasteiger partial charge >= 0.3 is 0 Å². The van der Waals surface area contributed by atoms with Gasteiger partial charge in [-0.3, -0.25) is 0 Å². The van der Waals surface area contributed by atoms with Crippen molar-refractivity contribution in [2.45, 2.75) is 0 Å². The number of nitrogens with one attached hydrogen (secondary N) is 1. The molecule has 3 nitrogen and oxygen atoms in total. The second-order valence-electron chi connectivity index (χ2n) is 4.62. The predicted octanol–water partition coefficient (Wildman–Crippen LogP) is 0.968. The van der Waals surface area contributed by atoms with Crippen molar-refractivity contribution in [2.75, 3.05) is 31.1 Å². The van der Waals surface area contributed by atoms with Gasteiger partial charge < -0.3 is 10.2 Å². The molecule has 2 heterocycles. The zero-order valence-electron chi connectivity index (χ0n) is 8.53. The topological polar surface area (TPSA) is 39.1 Å². The van der Waals surface area contributed by atoms with Crippen LogP contribution in [-0.2, 0) is 0 Å². The van der Waals surface area contributed by atoms with Crippen LogP contribution < -0.4 is 10.2 Å². The average Bonchev–Trinajstić information content (AvgIpc) is 2.14. The lowest BCUT2D eigenvalue weighted by Gasteiger charge is -2.57. The Labute approximate surface area is 89.3 Å². The third kappa shape index (κ3) is 1.30. The summed E-state index contributed by atoms with van der Waals surface area (Å²) in [6, 6.07) is 10.0. The summed E-state index contributed by atoms with van der Waals surface area (Å²) in [5.74, 6) is 0. The van der Waals surface area contributed by atoms with Crippen LogP contribution in [0.4, 0.5) is 5.69 Å². The number of rotatable bonds is 1. The average molecular weight is 199 g/mol. The van der Waals surface area contributed by atoms with Gasteiger partial charge in [0, 0.05) is 37.3 Å². The standard InChI is InChI=1S/C12H13N3/c13-5-10-2-1-3-11(4-10)15-8-12(9-15)6-14-7-12/h1-4,14H,6-9H2. The molecule has 1 aromatic carbocycles. The summed E-state index contributed by atoms with van der Waals surface area (Å²) in [7, 11) is 0. The Morgan fingerprint density at radius 1 is 1.33 bits per heavy atom. The molecule has 0 unspecified atom stereocenters. The van der Waals surface area contributed by atoms with Gasteiger partial charge in [-0.15, -0.1) is 0 Å². The van der Waals surface area contributed by atoms with E-state index >= 15 is 0 Å². The minimum absolute atomic E-state index is 0.544. The highest BCUT2D eigenvalue weighted by Crippen LogP contribution is 2.37. The number of hydrogen-bond acceptors (Lipinski definition) is 3. The number of nitriles is 1. The van der Waals surface area contributed by atoms with E-state index in [9.17, 15) is 0 Å². The maximum Gasteiger partial charge on any atom is 0.0992 e. The minimum atomic E-state index is 0.544. The molecule has 1 aromatic rings. The van der Waals surface area contributed by atoms with E-state index in [4.69, 9.17) is 5.26 Å². The summed E-state index contributed by atoms with van der Waals surface area (Å²) < 4.78 is 0. The molecule has 0 radical (unpaired) electrons. The molecule has 0 bridgehead atoms. The number of benzene rings is 1. The molecular weight excluding hydrogens is 186 g/mol. The number of anilines is 1. The van der Waals surface area contributed by atoms with Gasteiger partial charge in [-0.25, -0.2) is 0 Å². The largest absolute Gasteiger partial charge is 0.370 e. The maximum absolute atomic E-state index is 8.82. The quantitative estimate of drug-likeness (QED) is 0.732. The fraction of sp³-hybridized carbons (Fsp3) is 0.417. The molecule has 1 spiro atoms. The van der Waals surface area contributed by atoms with Crippen LogP contribution >= 0.6 is 0 Å². The van der Waals surface area contributed by atoms with Gasteiger partial charge in [0.15, 0.2) is 0 Å². The van der Waals surface area contributed by atoms with Crippen LogP contribution in [0.3, 0.4) is 0 Å². The second-order valence-corrected chi connectivity index (χ2v) is 4.62. The molecule has 0 amide bonds. The Bertz CT molecular complexity index is 421. The molecule has 0 aromatic heterocycles. The van der Waals surface area contributed by atoms with Gasteiger partial charge in [-0.2, -0.15) is 5.26 Å². The van der Waals surface area contributed by atoms with Gasteiger partial charge in [0.1, 0.15) is 0 Å². The van der Waals surface area contributed by atoms with E-state index in [-0.39, 0.29) is 0 Å². The van der Waals surface area contributed by atoms with Gasteiger partial charge in [0.05, 0.1) is 11.6 Å². The van der Waals surface area contributed by atoms with Crippen LogP contribution in [0, 0.1) is 16.7 Å². The highest BCUT2D eigenvalue weighted by atomic mass is 15.3. The molecule has 2 saturated heterocycles. The van der Waals surface area contributed by atoms with Crippen molar-refractivity contribution in [2.24, 2.45) is 5.41 Å². The van der Waals surface area contributed by atoms with Crippen molar-refractivity contribution in [1.82, 2.24) is 5.32 Å². The first-order valence-electron chi connectivity index (χ1n) is 5.27. The molecule has 0 aliphatic carbocycles. The summed E-state index contributed by atoms with van der Waals surface area (Å²) in [5, 5.41) is 12.1. The molecule has 3 heteroatoms. The van der Waals surface area contributed by atoms with Crippen molar-refractivity contribution in [3.8, 4) is 6.07 Å². The molecule has 3 rings (SSSR count). The van der Waals surface area contributed by atoms with Gasteiger partial charge in [0.25, 0.3) is 0 Å². The molecule has 2 aliphatic heterocycles. The summed E-state index contributed by atoms with van der Waals surface area (Å²) >= 11 is 0. The first kappa shape index (κ1) is 8.75. The molecule has 15 heavy (non-hydrogen) atoms. The maximum atomic E-state index is 8.82. The molecule has 0 atom stereocenters. The highest BCUT2D eigenvalue weighted by Gasteiger charge is 2.47. The Morgan fingerprint density at radius 2 is 2.13 bits per heavy atom. The lowest BCUT2D eigenvalue weighted by molar-refractivity contribution is 0.121. The van der Waals surface area contributed by atoms with Crippen molar-refractivity contribution in [1.29, 1.82) is 5.26 Å². The number of nitrogens with zero attached hydrogens (tertiary/aromatic N) is 2. The summed E-state index contributed by atoms with van der Waals surface area (Å²) in [5.41, 5.74) is 2.48. The van der Waals surface area contributed by atoms with Gasteiger partial charge in [0.2, 0.25) is 0 Å². The van der Waals surface area contributed by atoms with Crippen LogP contribution in [0.5, 0.6) is 0 Å². The molecular formula is C12H13N3. The zero-order valence-corrected chi connectivity index (χ0v) is 8.53. The molecule has 76 valence electrons. The number of hydrogen-bond donors (Lipinski definition) is 1. The van der Waals surface area contributed by atoms with Crippen molar-refractivity contribution in [3.63, 3.8) is 0 Å². The normalized spacial score (nSPS) is 21.7. The Morgan fingerprint density at radius 3 is 2.73 bits per heavy atom. The lowest BCUT2D eigenvalue weighted by atomic mass is 9.74. The van der Waals surface area contributed by atoms with Crippen molar-refractivity contribution < 1.29 is 0 Å². The van der Waals surface area contributed by atoms with Crippen molar-refractivity contribution >= 4 is 5.69 Å². The van der Waals surface area contributed by atoms with Crippen LogP contribution in [0.15, 0.2) is 24.3 Å². The van der Waals surface area contributed by atoms with Gasteiger partial charge in [-0.1, -0.05) is 6.07 Å². The monoisotopic (exact) mass is 199 g/mol. The third-order valence-corrected chi connectivity index (χ3v) is 3.39. The lowest BCUT2D eigenvalue weighted by Crippen LogP contribution is -2.71. The van der Waals surface area contributed by atoms with Crippen LogP contribution in [0.25, 0.3) is 0 Å². The molecule has 1 N–H and O–H groups in total. The van der Waals surface area contributed by atoms with Crippen LogP contribution in [0.1, 0.15) is 5.56 Å². The van der Waals surface area contributed by atoms with E-state index in [1.54, 1.807) is 0 Å².